The van der Waals surface area contributed by atoms with E-state index < -0.39 is 0 Å². The van der Waals surface area contributed by atoms with Gasteiger partial charge in [-0.25, -0.2) is 0 Å². The Morgan fingerprint density at radius 2 is 1.81 bits per heavy atom. The third kappa shape index (κ3) is 11.9. The molecule has 0 saturated carbocycles. The number of likely N-dealkylation sites (N-methyl/N-ethyl adjacent to an activating group) is 1. The van der Waals surface area contributed by atoms with Gasteiger partial charge in [0.25, 0.3) is 0 Å². The van der Waals surface area contributed by atoms with Gasteiger partial charge >= 0.3 is 0 Å². The molecule has 0 atom stereocenters. The number of carbonyl (C=O) groups is 1. The lowest BCUT2D eigenvalue weighted by atomic mass is 10.2. The van der Waals surface area contributed by atoms with Crippen LogP contribution in [0.1, 0.15) is 38.7 Å². The Morgan fingerprint density at radius 1 is 1.11 bits per heavy atom. The van der Waals surface area contributed by atoms with E-state index >= 15 is 0 Å². The van der Waals surface area contributed by atoms with E-state index in [0.29, 0.717) is 19.0 Å². The summed E-state index contributed by atoms with van der Waals surface area (Å²) < 4.78 is 5.53. The zero-order chi connectivity index (χ0) is 19.0. The van der Waals surface area contributed by atoms with E-state index in [4.69, 9.17) is 4.74 Å². The van der Waals surface area contributed by atoms with Crippen LogP contribution in [0.15, 0.2) is 35.3 Å². The molecule has 2 N–H and O–H groups in total. The van der Waals surface area contributed by atoms with Gasteiger partial charge in [0, 0.05) is 39.9 Å². The monoisotopic (exact) mass is 490 g/mol. The topological polar surface area (TPSA) is 66.0 Å². The maximum absolute atomic E-state index is 12.4. The van der Waals surface area contributed by atoms with Crippen molar-refractivity contribution in [2.45, 2.75) is 39.7 Å². The first-order valence-corrected chi connectivity index (χ1v) is 9.55. The van der Waals surface area contributed by atoms with Crippen LogP contribution in [0.25, 0.3) is 0 Å². The average molecular weight is 490 g/mol. The van der Waals surface area contributed by atoms with Crippen LogP contribution in [-0.4, -0.2) is 56.7 Å². The molecule has 27 heavy (non-hydrogen) atoms. The van der Waals surface area contributed by atoms with Crippen LogP contribution in [0.5, 0.6) is 0 Å². The maximum atomic E-state index is 12.4. The summed E-state index contributed by atoms with van der Waals surface area (Å²) in [7, 11) is 1.71. The summed E-state index contributed by atoms with van der Waals surface area (Å²) in [5, 5.41) is 6.30. The molecule has 0 aliphatic rings. The van der Waals surface area contributed by atoms with E-state index in [1.165, 1.54) is 0 Å². The molecule has 1 aromatic carbocycles. The molecular weight excluding hydrogens is 455 g/mol. The summed E-state index contributed by atoms with van der Waals surface area (Å²) in [4.78, 5) is 18.4. The van der Waals surface area contributed by atoms with Crippen molar-refractivity contribution in [3.05, 3.63) is 35.9 Å². The Morgan fingerprint density at radius 3 is 2.44 bits per heavy atom. The van der Waals surface area contributed by atoms with Gasteiger partial charge in [-0.15, -0.1) is 24.0 Å². The van der Waals surface area contributed by atoms with E-state index in [2.05, 4.69) is 22.5 Å². The number of hydrogen-bond donors (Lipinski definition) is 2. The number of unbranched alkanes of at least 4 members (excludes halogenated alkanes) is 1. The molecular formula is C20H35IN4O2. The van der Waals surface area contributed by atoms with Gasteiger partial charge in [-0.3, -0.25) is 9.79 Å². The maximum Gasteiger partial charge on any atom is 0.242 e. The molecule has 0 fully saturated rings. The highest BCUT2D eigenvalue weighted by Gasteiger charge is 2.12. The fourth-order valence-corrected chi connectivity index (χ4v) is 2.40. The van der Waals surface area contributed by atoms with Gasteiger partial charge in [-0.1, -0.05) is 43.7 Å². The number of amides is 1. The zero-order valence-corrected chi connectivity index (χ0v) is 19.2. The van der Waals surface area contributed by atoms with E-state index in [1.54, 1.807) is 7.05 Å². The fraction of sp³-hybridized carbons (Fsp3) is 0.600. The molecule has 0 heterocycles. The first-order valence-electron chi connectivity index (χ1n) is 9.55. The van der Waals surface area contributed by atoms with Crippen molar-refractivity contribution in [1.29, 1.82) is 0 Å². The molecule has 7 heteroatoms. The van der Waals surface area contributed by atoms with Crippen LogP contribution >= 0.6 is 24.0 Å². The van der Waals surface area contributed by atoms with Crippen LogP contribution in [0, 0.1) is 0 Å². The standard InChI is InChI=1S/C20H34N4O2.HI/c1-4-6-14-26-15-10-13-22-20(21-3)23-16-19(25)24(5-2)17-18-11-8-7-9-12-18;/h7-9,11-12H,4-6,10,13-17H2,1-3H3,(H2,21,22,23);1H. The van der Waals surface area contributed by atoms with Crippen LogP contribution in [-0.2, 0) is 16.1 Å². The Balaban J connectivity index is 0.00000676. The third-order valence-electron chi connectivity index (χ3n) is 3.98. The number of halogens is 1. The number of nitrogens with one attached hydrogen (secondary N) is 2. The Hall–Kier alpha value is -1.35. The van der Waals surface area contributed by atoms with Gasteiger partial charge < -0.3 is 20.3 Å². The first-order chi connectivity index (χ1) is 12.7. The van der Waals surface area contributed by atoms with Crippen LogP contribution in [0.3, 0.4) is 0 Å². The number of benzene rings is 1. The molecule has 0 bridgehead atoms. The summed E-state index contributed by atoms with van der Waals surface area (Å²) in [6, 6.07) is 10.0. The lowest BCUT2D eigenvalue weighted by Crippen LogP contribution is -2.44. The predicted octanol–water partition coefficient (Wildman–Crippen LogP) is 3.02. The fourth-order valence-electron chi connectivity index (χ4n) is 2.40. The number of ether oxygens (including phenoxy) is 1. The van der Waals surface area contributed by atoms with E-state index in [0.717, 1.165) is 44.6 Å². The number of rotatable bonds is 12. The molecule has 0 aromatic heterocycles. The second kappa shape index (κ2) is 16.8. The molecule has 154 valence electrons. The summed E-state index contributed by atoms with van der Waals surface area (Å²) in [6.45, 7) is 8.01. The van der Waals surface area contributed by atoms with Crippen molar-refractivity contribution in [1.82, 2.24) is 15.5 Å². The minimum atomic E-state index is 0. The Kier molecular flexibility index (Phi) is 16.0. The van der Waals surface area contributed by atoms with Crippen LogP contribution in [0.2, 0.25) is 0 Å². The minimum Gasteiger partial charge on any atom is -0.381 e. The highest BCUT2D eigenvalue weighted by molar-refractivity contribution is 14.0. The Bertz CT molecular complexity index is 526. The van der Waals surface area contributed by atoms with Gasteiger partial charge in [-0.05, 0) is 25.3 Å². The number of hydrogen-bond acceptors (Lipinski definition) is 3. The van der Waals surface area contributed by atoms with Crippen molar-refractivity contribution in [2.24, 2.45) is 4.99 Å². The lowest BCUT2D eigenvalue weighted by Gasteiger charge is -2.22. The predicted molar refractivity (Wildman–Crippen MR) is 123 cm³/mol. The van der Waals surface area contributed by atoms with Crippen LogP contribution < -0.4 is 10.6 Å². The second-order valence-corrected chi connectivity index (χ2v) is 6.07. The highest BCUT2D eigenvalue weighted by atomic mass is 127. The molecule has 1 amide bonds. The lowest BCUT2D eigenvalue weighted by molar-refractivity contribution is -0.130. The quantitative estimate of drug-likeness (QED) is 0.205. The number of guanidine groups is 1. The minimum absolute atomic E-state index is 0. The molecule has 0 radical (unpaired) electrons. The summed E-state index contributed by atoms with van der Waals surface area (Å²) in [6.07, 6.45) is 3.17. The van der Waals surface area contributed by atoms with E-state index in [1.807, 2.05) is 42.2 Å². The molecule has 0 spiro atoms. The van der Waals surface area contributed by atoms with Crippen molar-refractivity contribution >= 4 is 35.8 Å². The Labute approximate surface area is 181 Å². The molecule has 6 nitrogen and oxygen atoms in total. The SMILES string of the molecule is CCCCOCCCNC(=NC)NCC(=O)N(CC)Cc1ccccc1.I. The summed E-state index contributed by atoms with van der Waals surface area (Å²) in [5.74, 6) is 0.699. The van der Waals surface area contributed by atoms with Gasteiger partial charge in [-0.2, -0.15) is 0 Å². The van der Waals surface area contributed by atoms with Gasteiger partial charge in [0.1, 0.15) is 0 Å². The summed E-state index contributed by atoms with van der Waals surface area (Å²) >= 11 is 0. The normalized spacial score (nSPS) is 10.9. The van der Waals surface area contributed by atoms with Gasteiger partial charge in [0.15, 0.2) is 5.96 Å². The highest BCUT2D eigenvalue weighted by Crippen LogP contribution is 2.04. The van der Waals surface area contributed by atoms with E-state index in [9.17, 15) is 4.79 Å². The molecule has 1 aromatic rings. The van der Waals surface area contributed by atoms with Crippen molar-refractivity contribution in [3.8, 4) is 0 Å². The smallest absolute Gasteiger partial charge is 0.242 e. The average Bonchev–Trinajstić information content (AvgIpc) is 2.68. The van der Waals surface area contributed by atoms with E-state index in [-0.39, 0.29) is 36.4 Å². The second-order valence-electron chi connectivity index (χ2n) is 6.07. The largest absolute Gasteiger partial charge is 0.381 e. The number of aliphatic imine (C=N–C) groups is 1. The van der Waals surface area contributed by atoms with Crippen molar-refractivity contribution in [2.75, 3.05) is 39.9 Å². The molecule has 0 aliphatic heterocycles. The summed E-state index contributed by atoms with van der Waals surface area (Å²) in [5.41, 5.74) is 1.13. The van der Waals surface area contributed by atoms with Gasteiger partial charge in [0.2, 0.25) is 5.91 Å². The zero-order valence-electron chi connectivity index (χ0n) is 16.9. The van der Waals surface area contributed by atoms with Crippen molar-refractivity contribution in [3.63, 3.8) is 0 Å². The number of carbonyl (C=O) groups excluding carboxylic acids is 1. The molecule has 0 unspecified atom stereocenters. The van der Waals surface area contributed by atoms with Crippen LogP contribution in [0.4, 0.5) is 0 Å². The third-order valence-corrected chi connectivity index (χ3v) is 3.98. The molecule has 1 rings (SSSR count). The van der Waals surface area contributed by atoms with Gasteiger partial charge in [0.05, 0.1) is 6.54 Å². The molecule has 0 saturated heterocycles. The van der Waals surface area contributed by atoms with Crippen molar-refractivity contribution < 1.29 is 9.53 Å². The number of nitrogens with zero attached hydrogens (tertiary/aromatic N) is 2. The first kappa shape index (κ1) is 25.6. The molecule has 0 aliphatic carbocycles.